The molecule has 2 rings (SSSR count). The fourth-order valence-electron chi connectivity index (χ4n) is 1.85. The van der Waals surface area contributed by atoms with Gasteiger partial charge in [0.25, 0.3) is 0 Å². The van der Waals surface area contributed by atoms with Gasteiger partial charge in [-0.15, -0.1) is 0 Å². The number of esters is 1. The number of nitrogens with zero attached hydrogens (tertiary/aromatic N) is 2. The molecule has 7 nitrogen and oxygen atoms in total. The molecule has 3 N–H and O–H groups in total. The third-order valence-corrected chi connectivity index (χ3v) is 4.05. The van der Waals surface area contributed by atoms with E-state index in [-0.39, 0.29) is 39.4 Å². The van der Waals surface area contributed by atoms with Gasteiger partial charge >= 0.3 is 12.0 Å². The van der Waals surface area contributed by atoms with Crippen LogP contribution in [-0.4, -0.2) is 23.6 Å². The molecule has 10 heteroatoms. The average molecular weight is 401 g/mol. The summed E-state index contributed by atoms with van der Waals surface area (Å²) >= 11 is 16.1. The smallest absolute Gasteiger partial charge is 0.339 e. The Morgan fingerprint density at radius 3 is 2.60 bits per heavy atom. The van der Waals surface area contributed by atoms with Crippen LogP contribution in [0.3, 0.4) is 0 Å². The molecule has 0 aliphatic heterocycles. The van der Waals surface area contributed by atoms with Crippen LogP contribution in [-0.2, 0) is 4.74 Å². The molecular weight excluding hydrogens is 387 g/mol. The number of amides is 2. The number of pyridine rings is 1. The van der Waals surface area contributed by atoms with Crippen LogP contribution in [0.25, 0.3) is 0 Å². The summed E-state index contributed by atoms with van der Waals surface area (Å²) in [6, 6.07) is 5.45. The van der Waals surface area contributed by atoms with Gasteiger partial charge in [-0.1, -0.05) is 42.1 Å². The molecule has 1 heterocycles. The molecule has 2 aromatic rings. The normalized spacial score (nSPS) is 10.2. The average Bonchev–Trinajstić information content (AvgIpc) is 2.58. The molecule has 0 atom stereocenters. The Hall–Kier alpha value is -2.16. The fourth-order valence-corrected chi connectivity index (χ4v) is 2.55. The van der Waals surface area contributed by atoms with Crippen molar-refractivity contribution in [2.75, 3.05) is 22.0 Å². The molecule has 0 saturated carbocycles. The Kier molecular flexibility index (Phi) is 6.35. The number of nitrogen functional groups attached to an aromatic ring is 1. The Labute approximate surface area is 159 Å². The van der Waals surface area contributed by atoms with E-state index < -0.39 is 12.0 Å². The number of para-hydroxylation sites is 1. The third-order valence-electron chi connectivity index (χ3n) is 3.02. The van der Waals surface area contributed by atoms with Crippen LogP contribution in [0.5, 0.6) is 0 Å². The number of aromatic nitrogens is 1. The molecule has 0 bridgehead atoms. The molecule has 1 aromatic heterocycles. The molecule has 0 spiro atoms. The van der Waals surface area contributed by atoms with Gasteiger partial charge in [0.15, 0.2) is 0 Å². The Bertz CT molecular complexity index is 799. The van der Waals surface area contributed by atoms with Gasteiger partial charge < -0.3 is 15.8 Å². The third kappa shape index (κ3) is 4.47. The highest BCUT2D eigenvalue weighted by Crippen LogP contribution is 2.31. The van der Waals surface area contributed by atoms with Crippen LogP contribution >= 0.6 is 36.0 Å². The molecule has 0 aliphatic carbocycles. The van der Waals surface area contributed by atoms with E-state index in [0.717, 1.165) is 4.31 Å². The molecule has 132 valence electrons. The van der Waals surface area contributed by atoms with E-state index in [1.54, 1.807) is 25.1 Å². The number of anilines is 3. The van der Waals surface area contributed by atoms with Crippen LogP contribution in [0.4, 0.5) is 22.0 Å². The van der Waals surface area contributed by atoms with Crippen LogP contribution in [0.15, 0.2) is 30.5 Å². The monoisotopic (exact) mass is 400 g/mol. The molecule has 1 aromatic carbocycles. The van der Waals surface area contributed by atoms with Crippen LogP contribution in [0.1, 0.15) is 17.3 Å². The van der Waals surface area contributed by atoms with Crippen LogP contribution in [0.2, 0.25) is 10.0 Å². The minimum atomic E-state index is -0.687. The molecule has 0 saturated heterocycles. The summed E-state index contributed by atoms with van der Waals surface area (Å²) < 4.78 is 5.79. The first-order chi connectivity index (χ1) is 11.8. The molecule has 0 unspecified atom stereocenters. The van der Waals surface area contributed by atoms with Crippen molar-refractivity contribution < 1.29 is 14.3 Å². The SMILES string of the molecule is CCOC(=O)c1cnc(N)c(N(S)C(=O)Nc2c(Cl)cccc2Cl)c1. The lowest BCUT2D eigenvalue weighted by atomic mass is 10.2. The Balaban J connectivity index is 2.27. The minimum absolute atomic E-state index is 0.00320. The minimum Gasteiger partial charge on any atom is -0.462 e. The second-order valence-electron chi connectivity index (χ2n) is 4.69. The van der Waals surface area contributed by atoms with Crippen molar-refractivity contribution in [1.82, 2.24) is 4.98 Å². The lowest BCUT2D eigenvalue weighted by molar-refractivity contribution is 0.0526. The highest BCUT2D eigenvalue weighted by molar-refractivity contribution is 7.82. The fraction of sp³-hybridized carbons (Fsp3) is 0.133. The van der Waals surface area contributed by atoms with E-state index in [9.17, 15) is 9.59 Å². The summed E-state index contributed by atoms with van der Waals surface area (Å²) in [5.74, 6) is -0.587. The summed E-state index contributed by atoms with van der Waals surface area (Å²) in [5.41, 5.74) is 6.23. The van der Waals surface area contributed by atoms with Gasteiger partial charge in [-0.2, -0.15) is 0 Å². The molecular formula is C15H14Cl2N4O3S. The largest absolute Gasteiger partial charge is 0.462 e. The maximum absolute atomic E-state index is 12.4. The van der Waals surface area contributed by atoms with Gasteiger partial charge in [0, 0.05) is 6.20 Å². The highest BCUT2D eigenvalue weighted by Gasteiger charge is 2.20. The first-order valence-corrected chi connectivity index (χ1v) is 8.17. The number of urea groups is 1. The van der Waals surface area contributed by atoms with E-state index >= 15 is 0 Å². The van der Waals surface area contributed by atoms with E-state index in [0.29, 0.717) is 0 Å². The van der Waals surface area contributed by atoms with Crippen LogP contribution in [0, 0.1) is 0 Å². The number of carbonyl (C=O) groups is 2. The van der Waals surface area contributed by atoms with Crippen LogP contribution < -0.4 is 15.4 Å². The van der Waals surface area contributed by atoms with Gasteiger partial charge in [-0.3, -0.25) is 0 Å². The second kappa shape index (κ2) is 8.28. The number of nitrogens with one attached hydrogen (secondary N) is 1. The lowest BCUT2D eigenvalue weighted by Crippen LogP contribution is -2.28. The van der Waals surface area contributed by atoms with Gasteiger partial charge in [0.2, 0.25) is 0 Å². The van der Waals surface area contributed by atoms with Crippen molar-refractivity contribution in [2.45, 2.75) is 6.92 Å². The number of carbonyl (C=O) groups excluding carboxylic acids is 2. The van der Waals surface area contributed by atoms with Crippen molar-refractivity contribution in [3.05, 3.63) is 46.1 Å². The molecule has 0 radical (unpaired) electrons. The summed E-state index contributed by atoms with van der Waals surface area (Å²) in [4.78, 5) is 28.1. The Morgan fingerprint density at radius 2 is 2.00 bits per heavy atom. The topological polar surface area (TPSA) is 97.5 Å². The molecule has 0 fully saturated rings. The molecule has 2 amide bonds. The van der Waals surface area contributed by atoms with E-state index in [4.69, 9.17) is 33.7 Å². The van der Waals surface area contributed by atoms with E-state index in [1.165, 1.54) is 12.3 Å². The summed E-state index contributed by atoms with van der Waals surface area (Å²) in [6.07, 6.45) is 1.25. The number of thiol groups is 1. The summed E-state index contributed by atoms with van der Waals surface area (Å²) in [6.45, 7) is 1.88. The van der Waals surface area contributed by atoms with Gasteiger partial charge in [-0.05, 0) is 25.1 Å². The number of nitrogens with two attached hydrogens (primary N) is 1. The number of rotatable bonds is 4. The maximum Gasteiger partial charge on any atom is 0.339 e. The second-order valence-corrected chi connectivity index (χ2v) is 5.90. The first-order valence-electron chi connectivity index (χ1n) is 7.01. The number of ether oxygens (including phenoxy) is 1. The summed E-state index contributed by atoms with van der Waals surface area (Å²) in [5, 5.41) is 3.04. The number of halogens is 2. The molecule has 25 heavy (non-hydrogen) atoms. The lowest BCUT2D eigenvalue weighted by Gasteiger charge is -2.19. The first kappa shape index (κ1) is 19.2. The number of hydrogen-bond donors (Lipinski definition) is 3. The van der Waals surface area contributed by atoms with Crippen molar-refractivity contribution >= 4 is 65.2 Å². The standard InChI is InChI=1S/C15H14Cl2N4O3S/c1-2-24-14(22)8-6-11(13(18)19-7-8)21(25)15(23)20-12-9(16)4-3-5-10(12)17/h3-7,25H,2H2,1H3,(H2,18,19)(H,20,23). The van der Waals surface area contributed by atoms with Gasteiger partial charge in [0.1, 0.15) is 5.82 Å². The Morgan fingerprint density at radius 1 is 1.36 bits per heavy atom. The van der Waals surface area contributed by atoms with E-state index in [1.807, 2.05) is 0 Å². The number of benzene rings is 1. The predicted octanol–water partition coefficient (Wildman–Crippen LogP) is 4.03. The zero-order valence-electron chi connectivity index (χ0n) is 13.0. The van der Waals surface area contributed by atoms with Crippen molar-refractivity contribution in [3.63, 3.8) is 0 Å². The van der Waals surface area contributed by atoms with E-state index in [2.05, 4.69) is 23.1 Å². The summed E-state index contributed by atoms with van der Waals surface area (Å²) in [7, 11) is 0. The quantitative estimate of drug-likeness (QED) is 0.531. The van der Waals surface area contributed by atoms with Crippen molar-refractivity contribution in [2.24, 2.45) is 0 Å². The number of hydrogen-bond acceptors (Lipinski definition) is 6. The van der Waals surface area contributed by atoms with Crippen molar-refractivity contribution in [1.29, 1.82) is 0 Å². The predicted molar refractivity (Wildman–Crippen MR) is 102 cm³/mol. The zero-order chi connectivity index (χ0) is 18.6. The van der Waals surface area contributed by atoms with Crippen molar-refractivity contribution in [3.8, 4) is 0 Å². The highest BCUT2D eigenvalue weighted by atomic mass is 35.5. The zero-order valence-corrected chi connectivity index (χ0v) is 15.4. The maximum atomic E-state index is 12.4. The van der Waals surface area contributed by atoms with Gasteiger partial charge in [0.05, 0.1) is 33.6 Å². The van der Waals surface area contributed by atoms with Gasteiger partial charge in [-0.25, -0.2) is 18.9 Å². The molecule has 0 aliphatic rings.